The van der Waals surface area contributed by atoms with E-state index in [2.05, 4.69) is 52.5 Å². The summed E-state index contributed by atoms with van der Waals surface area (Å²) in [6.07, 6.45) is 1.86. The summed E-state index contributed by atoms with van der Waals surface area (Å²) in [5.74, 6) is 0.853. The third-order valence-electron chi connectivity index (χ3n) is 6.05. The van der Waals surface area contributed by atoms with Gasteiger partial charge in [-0.05, 0) is 68.5 Å². The number of piperidine rings is 1. The van der Waals surface area contributed by atoms with Crippen LogP contribution in [0.2, 0.25) is 0 Å². The van der Waals surface area contributed by atoms with Crippen LogP contribution in [-0.2, 0) is 4.79 Å². The average Bonchev–Trinajstić information content (AvgIpc) is 2.77. The Morgan fingerprint density at radius 1 is 0.967 bits per heavy atom. The van der Waals surface area contributed by atoms with E-state index in [1.165, 1.54) is 11.1 Å². The molecule has 5 heteroatoms. The molecule has 0 spiro atoms. The number of nitrogens with one attached hydrogen (secondary N) is 1. The van der Waals surface area contributed by atoms with Crippen LogP contribution in [0, 0.1) is 26.7 Å². The highest BCUT2D eigenvalue weighted by atomic mass is 16.1. The first kappa shape index (κ1) is 20.1. The summed E-state index contributed by atoms with van der Waals surface area (Å²) < 4.78 is 0. The average molecular weight is 401 g/mol. The minimum Gasteiger partial charge on any atom is -0.354 e. The number of rotatable bonds is 4. The minimum absolute atomic E-state index is 0.0588. The van der Waals surface area contributed by atoms with Crippen LogP contribution in [0.25, 0.3) is 11.3 Å². The fourth-order valence-corrected chi connectivity index (χ4v) is 4.02. The van der Waals surface area contributed by atoms with Crippen molar-refractivity contribution < 1.29 is 4.79 Å². The van der Waals surface area contributed by atoms with Crippen molar-refractivity contribution in [2.24, 2.45) is 5.92 Å². The molecule has 1 N–H and O–H groups in total. The van der Waals surface area contributed by atoms with Gasteiger partial charge in [-0.25, -0.2) is 0 Å². The first-order valence-corrected chi connectivity index (χ1v) is 10.5. The molecule has 1 aromatic heterocycles. The lowest BCUT2D eigenvalue weighted by Crippen LogP contribution is -2.41. The number of amides is 1. The molecule has 5 nitrogen and oxygen atoms in total. The van der Waals surface area contributed by atoms with E-state index < -0.39 is 0 Å². The largest absolute Gasteiger partial charge is 0.354 e. The maximum atomic E-state index is 12.9. The van der Waals surface area contributed by atoms with Crippen LogP contribution in [-0.4, -0.2) is 29.2 Å². The molecule has 1 amide bonds. The summed E-state index contributed by atoms with van der Waals surface area (Å²) in [4.78, 5) is 15.1. The number of nitrogens with zero attached hydrogens (tertiary/aromatic N) is 3. The van der Waals surface area contributed by atoms with Crippen molar-refractivity contribution in [2.75, 3.05) is 23.3 Å². The molecule has 0 bridgehead atoms. The van der Waals surface area contributed by atoms with Crippen molar-refractivity contribution in [3.05, 3.63) is 71.3 Å². The molecule has 30 heavy (non-hydrogen) atoms. The second kappa shape index (κ2) is 8.66. The molecule has 1 aliphatic heterocycles. The number of hydrogen-bond acceptors (Lipinski definition) is 4. The van der Waals surface area contributed by atoms with Gasteiger partial charge in [0.05, 0.1) is 11.6 Å². The zero-order valence-electron chi connectivity index (χ0n) is 17.9. The van der Waals surface area contributed by atoms with Gasteiger partial charge in [-0.15, -0.1) is 10.2 Å². The minimum atomic E-state index is -0.0588. The summed E-state index contributed by atoms with van der Waals surface area (Å²) >= 11 is 0. The molecule has 1 unspecified atom stereocenters. The van der Waals surface area contributed by atoms with Crippen molar-refractivity contribution in [1.29, 1.82) is 0 Å². The standard InChI is InChI=1S/C25H28N4O/c1-17-9-6-12-22(19(17)3)26-25(30)20-10-7-15-29(16-20)24-14-13-23(27-28-24)21-11-5-4-8-18(21)2/h4-6,8-9,11-14,20H,7,10,15-16H2,1-3H3,(H,26,30). The van der Waals surface area contributed by atoms with E-state index >= 15 is 0 Å². The molecule has 1 atom stereocenters. The summed E-state index contributed by atoms with van der Waals surface area (Å²) in [6, 6.07) is 18.2. The maximum absolute atomic E-state index is 12.9. The first-order valence-electron chi connectivity index (χ1n) is 10.5. The van der Waals surface area contributed by atoms with E-state index in [0.29, 0.717) is 6.54 Å². The van der Waals surface area contributed by atoms with Crippen LogP contribution in [0.4, 0.5) is 11.5 Å². The van der Waals surface area contributed by atoms with Crippen molar-refractivity contribution in [1.82, 2.24) is 10.2 Å². The molecular weight excluding hydrogens is 372 g/mol. The molecular formula is C25H28N4O. The van der Waals surface area contributed by atoms with Crippen molar-refractivity contribution in [3.63, 3.8) is 0 Å². The van der Waals surface area contributed by atoms with Gasteiger partial charge in [0.25, 0.3) is 0 Å². The Kier molecular flexibility index (Phi) is 5.79. The summed E-state index contributed by atoms with van der Waals surface area (Å²) in [6.45, 7) is 7.74. The summed E-state index contributed by atoms with van der Waals surface area (Å²) in [7, 11) is 0. The quantitative estimate of drug-likeness (QED) is 0.675. The van der Waals surface area contributed by atoms with E-state index in [9.17, 15) is 4.79 Å². The second-order valence-corrected chi connectivity index (χ2v) is 8.11. The van der Waals surface area contributed by atoms with Gasteiger partial charge in [-0.1, -0.05) is 36.4 Å². The van der Waals surface area contributed by atoms with Gasteiger partial charge in [0, 0.05) is 24.3 Å². The number of anilines is 2. The fourth-order valence-electron chi connectivity index (χ4n) is 4.02. The monoisotopic (exact) mass is 400 g/mol. The van der Waals surface area contributed by atoms with Gasteiger partial charge >= 0.3 is 0 Å². The number of hydrogen-bond donors (Lipinski definition) is 1. The van der Waals surface area contributed by atoms with Crippen molar-refractivity contribution >= 4 is 17.4 Å². The van der Waals surface area contributed by atoms with Crippen LogP contribution in [0.3, 0.4) is 0 Å². The molecule has 1 saturated heterocycles. The third kappa shape index (κ3) is 4.20. The molecule has 2 aromatic carbocycles. The van der Waals surface area contributed by atoms with E-state index in [1.54, 1.807) is 0 Å². The van der Waals surface area contributed by atoms with Gasteiger partial charge < -0.3 is 10.2 Å². The van der Waals surface area contributed by atoms with Gasteiger partial charge in [-0.3, -0.25) is 4.79 Å². The zero-order chi connectivity index (χ0) is 21.1. The molecule has 0 radical (unpaired) electrons. The third-order valence-corrected chi connectivity index (χ3v) is 6.05. The number of carbonyl (C=O) groups is 1. The van der Waals surface area contributed by atoms with Crippen LogP contribution in [0.15, 0.2) is 54.6 Å². The second-order valence-electron chi connectivity index (χ2n) is 8.11. The Morgan fingerprint density at radius 3 is 2.53 bits per heavy atom. The smallest absolute Gasteiger partial charge is 0.229 e. The molecule has 0 saturated carbocycles. The van der Waals surface area contributed by atoms with Crippen molar-refractivity contribution in [2.45, 2.75) is 33.6 Å². The zero-order valence-corrected chi connectivity index (χ0v) is 17.9. The predicted octanol–water partition coefficient (Wildman–Crippen LogP) is 4.92. The Hall–Kier alpha value is -3.21. The maximum Gasteiger partial charge on any atom is 0.229 e. The number of aryl methyl sites for hydroxylation is 2. The Morgan fingerprint density at radius 2 is 1.77 bits per heavy atom. The van der Waals surface area contributed by atoms with Crippen molar-refractivity contribution in [3.8, 4) is 11.3 Å². The Balaban J connectivity index is 1.45. The van der Waals surface area contributed by atoms with Crippen LogP contribution < -0.4 is 10.2 Å². The van der Waals surface area contributed by atoms with Gasteiger partial charge in [-0.2, -0.15) is 0 Å². The first-order chi connectivity index (χ1) is 14.5. The fraction of sp³-hybridized carbons (Fsp3) is 0.320. The molecule has 0 aliphatic carbocycles. The molecule has 2 heterocycles. The van der Waals surface area contributed by atoms with Crippen LogP contribution >= 0.6 is 0 Å². The van der Waals surface area contributed by atoms with Crippen LogP contribution in [0.1, 0.15) is 29.5 Å². The topological polar surface area (TPSA) is 58.1 Å². The lowest BCUT2D eigenvalue weighted by atomic mass is 9.96. The van der Waals surface area contributed by atoms with Gasteiger partial charge in [0.2, 0.25) is 5.91 Å². The lowest BCUT2D eigenvalue weighted by molar-refractivity contribution is -0.120. The molecule has 3 aromatic rings. The highest BCUT2D eigenvalue weighted by Gasteiger charge is 2.27. The Bertz CT molecular complexity index is 1050. The van der Waals surface area contributed by atoms with Gasteiger partial charge in [0.15, 0.2) is 5.82 Å². The van der Waals surface area contributed by atoms with E-state index in [1.807, 2.05) is 43.3 Å². The number of aromatic nitrogens is 2. The normalized spacial score (nSPS) is 16.4. The van der Waals surface area contributed by atoms with Crippen LogP contribution in [0.5, 0.6) is 0 Å². The van der Waals surface area contributed by atoms with E-state index in [0.717, 1.165) is 47.7 Å². The summed E-state index contributed by atoms with van der Waals surface area (Å²) in [5.41, 5.74) is 6.36. The number of carbonyl (C=O) groups excluding carboxylic acids is 1. The summed E-state index contributed by atoms with van der Waals surface area (Å²) in [5, 5.41) is 12.0. The molecule has 154 valence electrons. The Labute approximate surface area is 178 Å². The predicted molar refractivity (Wildman–Crippen MR) is 122 cm³/mol. The highest BCUT2D eigenvalue weighted by Crippen LogP contribution is 2.26. The molecule has 4 rings (SSSR count). The molecule has 1 aliphatic rings. The molecule has 1 fully saturated rings. The number of benzene rings is 2. The SMILES string of the molecule is Cc1ccccc1-c1ccc(N2CCCC(C(=O)Nc3cccc(C)c3C)C2)nn1. The van der Waals surface area contributed by atoms with E-state index in [4.69, 9.17) is 0 Å². The van der Waals surface area contributed by atoms with Gasteiger partial charge in [0.1, 0.15) is 0 Å². The lowest BCUT2D eigenvalue weighted by Gasteiger charge is -2.32. The highest BCUT2D eigenvalue weighted by molar-refractivity contribution is 5.93. The van der Waals surface area contributed by atoms with E-state index in [-0.39, 0.29) is 11.8 Å².